The van der Waals surface area contributed by atoms with E-state index in [0.717, 1.165) is 19.1 Å². The first-order valence-corrected chi connectivity index (χ1v) is 7.70. The van der Waals surface area contributed by atoms with Crippen LogP contribution in [0.25, 0.3) is 0 Å². The molecule has 19 heavy (non-hydrogen) atoms. The van der Waals surface area contributed by atoms with Gasteiger partial charge in [-0.25, -0.2) is 4.98 Å². The maximum Gasteiger partial charge on any atom is 0.0949 e. The van der Waals surface area contributed by atoms with Crippen molar-refractivity contribution in [1.29, 1.82) is 0 Å². The summed E-state index contributed by atoms with van der Waals surface area (Å²) >= 11 is 0. The van der Waals surface area contributed by atoms with Crippen LogP contribution < -0.4 is 5.32 Å². The second-order valence-corrected chi connectivity index (χ2v) is 6.27. The maximum atomic E-state index is 4.37. The Bertz CT molecular complexity index is 410. The SMILES string of the molecule is CC1CCCC(c2cncn2CCN(C)C2CC2)N1. The van der Waals surface area contributed by atoms with Crippen molar-refractivity contribution in [3.63, 3.8) is 0 Å². The van der Waals surface area contributed by atoms with Crippen LogP contribution >= 0.6 is 0 Å². The third-order valence-electron chi connectivity index (χ3n) is 4.58. The molecule has 2 fully saturated rings. The first-order chi connectivity index (χ1) is 9.24. The minimum atomic E-state index is 0.498. The van der Waals surface area contributed by atoms with Gasteiger partial charge in [-0.05, 0) is 46.1 Å². The normalized spacial score (nSPS) is 27.9. The van der Waals surface area contributed by atoms with Crippen molar-refractivity contribution in [1.82, 2.24) is 19.8 Å². The molecule has 1 aromatic heterocycles. The molecule has 0 radical (unpaired) electrons. The fourth-order valence-corrected chi connectivity index (χ4v) is 3.14. The molecule has 1 aliphatic carbocycles. The molecule has 2 unspecified atom stereocenters. The lowest BCUT2D eigenvalue weighted by Crippen LogP contribution is -2.36. The summed E-state index contributed by atoms with van der Waals surface area (Å²) in [5.41, 5.74) is 1.37. The molecule has 2 heterocycles. The molecule has 1 saturated carbocycles. The smallest absolute Gasteiger partial charge is 0.0949 e. The average Bonchev–Trinajstić information content (AvgIpc) is 3.15. The van der Waals surface area contributed by atoms with Crippen LogP contribution in [0.15, 0.2) is 12.5 Å². The number of aromatic nitrogens is 2. The van der Waals surface area contributed by atoms with Gasteiger partial charge in [0.1, 0.15) is 0 Å². The molecule has 2 aliphatic rings. The third-order valence-corrected chi connectivity index (χ3v) is 4.58. The summed E-state index contributed by atoms with van der Waals surface area (Å²) in [5.74, 6) is 0. The Morgan fingerprint density at radius 1 is 1.37 bits per heavy atom. The lowest BCUT2D eigenvalue weighted by atomic mass is 9.97. The zero-order valence-electron chi connectivity index (χ0n) is 12.2. The van der Waals surface area contributed by atoms with Gasteiger partial charge in [-0.2, -0.15) is 0 Å². The van der Waals surface area contributed by atoms with Gasteiger partial charge < -0.3 is 14.8 Å². The Labute approximate surface area is 116 Å². The second kappa shape index (κ2) is 5.63. The van der Waals surface area contributed by atoms with Crippen LogP contribution in [0, 0.1) is 0 Å². The molecule has 2 atom stereocenters. The van der Waals surface area contributed by atoms with E-state index in [1.54, 1.807) is 0 Å². The van der Waals surface area contributed by atoms with E-state index in [9.17, 15) is 0 Å². The van der Waals surface area contributed by atoms with E-state index in [4.69, 9.17) is 0 Å². The number of nitrogens with zero attached hydrogens (tertiary/aromatic N) is 3. The molecule has 1 aliphatic heterocycles. The van der Waals surface area contributed by atoms with Crippen molar-refractivity contribution < 1.29 is 0 Å². The highest BCUT2D eigenvalue weighted by molar-refractivity contribution is 5.07. The van der Waals surface area contributed by atoms with E-state index in [0.29, 0.717) is 12.1 Å². The molecule has 4 heteroatoms. The summed E-state index contributed by atoms with van der Waals surface area (Å²) in [6.45, 7) is 4.49. The molecule has 0 spiro atoms. The maximum absolute atomic E-state index is 4.37. The Balaban J connectivity index is 1.60. The van der Waals surface area contributed by atoms with Crippen molar-refractivity contribution in [2.24, 2.45) is 0 Å². The summed E-state index contributed by atoms with van der Waals surface area (Å²) < 4.78 is 2.34. The molecule has 106 valence electrons. The minimum Gasteiger partial charge on any atom is -0.332 e. The highest BCUT2D eigenvalue weighted by Gasteiger charge is 2.26. The van der Waals surface area contributed by atoms with Gasteiger partial charge in [0.05, 0.1) is 12.0 Å². The van der Waals surface area contributed by atoms with Gasteiger partial charge in [0.15, 0.2) is 0 Å². The van der Waals surface area contributed by atoms with Crippen molar-refractivity contribution in [2.75, 3.05) is 13.6 Å². The third kappa shape index (κ3) is 3.18. The van der Waals surface area contributed by atoms with E-state index < -0.39 is 0 Å². The van der Waals surface area contributed by atoms with E-state index in [2.05, 4.69) is 33.7 Å². The quantitative estimate of drug-likeness (QED) is 0.883. The fourth-order valence-electron chi connectivity index (χ4n) is 3.14. The van der Waals surface area contributed by atoms with Gasteiger partial charge in [0.2, 0.25) is 0 Å². The number of nitrogens with one attached hydrogen (secondary N) is 1. The van der Waals surface area contributed by atoms with E-state index in [1.807, 2.05) is 12.5 Å². The number of rotatable bonds is 5. The fraction of sp³-hybridized carbons (Fsp3) is 0.800. The standard InChI is InChI=1S/C15H26N4/c1-12-4-3-5-14(17-12)15-10-16-11-19(15)9-8-18(2)13-6-7-13/h10-14,17H,3-9H2,1-2H3. The van der Waals surface area contributed by atoms with Crippen LogP contribution in [0.4, 0.5) is 0 Å². The molecular weight excluding hydrogens is 236 g/mol. The second-order valence-electron chi connectivity index (χ2n) is 6.27. The van der Waals surface area contributed by atoms with Gasteiger partial charge in [0, 0.05) is 37.4 Å². The van der Waals surface area contributed by atoms with E-state index in [-0.39, 0.29) is 0 Å². The number of hydrogen-bond donors (Lipinski definition) is 1. The summed E-state index contributed by atoms with van der Waals surface area (Å²) in [4.78, 5) is 6.85. The van der Waals surface area contributed by atoms with Gasteiger partial charge in [-0.1, -0.05) is 0 Å². The Morgan fingerprint density at radius 3 is 2.95 bits per heavy atom. The summed E-state index contributed by atoms with van der Waals surface area (Å²) in [6.07, 6.45) is 10.7. The summed E-state index contributed by atoms with van der Waals surface area (Å²) in [5, 5.41) is 3.71. The Hall–Kier alpha value is -0.870. The first-order valence-electron chi connectivity index (χ1n) is 7.70. The molecule has 0 aromatic carbocycles. The molecular formula is C15H26N4. The van der Waals surface area contributed by atoms with Gasteiger partial charge in [-0.3, -0.25) is 0 Å². The number of piperidine rings is 1. The number of likely N-dealkylation sites (N-methyl/N-ethyl adjacent to an activating group) is 1. The molecule has 3 rings (SSSR count). The van der Waals surface area contributed by atoms with Crippen LogP contribution in [0.5, 0.6) is 0 Å². The van der Waals surface area contributed by atoms with Crippen LogP contribution in [-0.4, -0.2) is 40.1 Å². The van der Waals surface area contributed by atoms with Crippen LogP contribution in [-0.2, 0) is 6.54 Å². The summed E-state index contributed by atoms with van der Waals surface area (Å²) in [7, 11) is 2.25. The number of imidazole rings is 1. The Kier molecular flexibility index (Phi) is 3.89. The first kappa shape index (κ1) is 13.1. The molecule has 1 aromatic rings. The highest BCUT2D eigenvalue weighted by atomic mass is 15.2. The average molecular weight is 262 g/mol. The minimum absolute atomic E-state index is 0.498. The molecule has 0 amide bonds. The van der Waals surface area contributed by atoms with Crippen LogP contribution in [0.3, 0.4) is 0 Å². The molecule has 0 bridgehead atoms. The van der Waals surface area contributed by atoms with Crippen molar-refractivity contribution >= 4 is 0 Å². The molecule has 1 N–H and O–H groups in total. The lowest BCUT2D eigenvalue weighted by Gasteiger charge is -2.29. The monoisotopic (exact) mass is 262 g/mol. The van der Waals surface area contributed by atoms with Crippen LogP contribution in [0.2, 0.25) is 0 Å². The van der Waals surface area contributed by atoms with E-state index >= 15 is 0 Å². The zero-order chi connectivity index (χ0) is 13.2. The van der Waals surface area contributed by atoms with Gasteiger partial charge >= 0.3 is 0 Å². The predicted molar refractivity (Wildman–Crippen MR) is 77.1 cm³/mol. The van der Waals surface area contributed by atoms with Crippen LogP contribution in [0.1, 0.15) is 50.8 Å². The lowest BCUT2D eigenvalue weighted by molar-refractivity contribution is 0.296. The van der Waals surface area contributed by atoms with Gasteiger partial charge in [-0.15, -0.1) is 0 Å². The zero-order valence-corrected chi connectivity index (χ0v) is 12.2. The predicted octanol–water partition coefficient (Wildman–Crippen LogP) is 2.18. The molecule has 1 saturated heterocycles. The topological polar surface area (TPSA) is 33.1 Å². The van der Waals surface area contributed by atoms with Crippen molar-refractivity contribution in [3.8, 4) is 0 Å². The Morgan fingerprint density at radius 2 is 2.21 bits per heavy atom. The van der Waals surface area contributed by atoms with Crippen molar-refractivity contribution in [2.45, 2.75) is 63.7 Å². The van der Waals surface area contributed by atoms with E-state index in [1.165, 1.54) is 37.8 Å². The molecule has 4 nitrogen and oxygen atoms in total. The highest BCUT2D eigenvalue weighted by Crippen LogP contribution is 2.27. The largest absolute Gasteiger partial charge is 0.332 e. The number of hydrogen-bond acceptors (Lipinski definition) is 3. The summed E-state index contributed by atoms with van der Waals surface area (Å²) in [6, 6.07) is 1.98. The van der Waals surface area contributed by atoms with Gasteiger partial charge in [0.25, 0.3) is 0 Å². The van der Waals surface area contributed by atoms with Crippen molar-refractivity contribution in [3.05, 3.63) is 18.2 Å².